The molecule has 0 aliphatic carbocycles. The normalized spacial score (nSPS) is 11.0. The van der Waals surface area contributed by atoms with Crippen LogP contribution in [0.3, 0.4) is 0 Å². The predicted molar refractivity (Wildman–Crippen MR) is 103 cm³/mol. The highest BCUT2D eigenvalue weighted by molar-refractivity contribution is 6.04. The van der Waals surface area contributed by atoms with E-state index in [9.17, 15) is 13.6 Å². The number of hydrogen-bond acceptors (Lipinski definition) is 5. The molecule has 0 saturated heterocycles. The van der Waals surface area contributed by atoms with Crippen LogP contribution < -0.4 is 10.1 Å². The Hall–Kier alpha value is -3.88. The molecular weight excluding hydrogens is 380 g/mol. The number of amides is 1. The number of fused-ring (bicyclic) bond motifs is 1. The van der Waals surface area contributed by atoms with Gasteiger partial charge in [0.25, 0.3) is 5.91 Å². The van der Waals surface area contributed by atoms with Crippen LogP contribution in [0, 0.1) is 0 Å². The molecule has 0 aliphatic rings. The Labute approximate surface area is 164 Å². The average molecular weight is 395 g/mol. The molecular formula is C20H15F2N5O2. The number of carbonyl (C=O) groups excluding carboxylic acids is 1. The van der Waals surface area contributed by atoms with E-state index in [1.807, 2.05) is 17.7 Å². The van der Waals surface area contributed by atoms with Crippen LogP contribution in [0.4, 0.5) is 14.6 Å². The van der Waals surface area contributed by atoms with Crippen molar-refractivity contribution in [2.45, 2.75) is 6.61 Å². The molecule has 146 valence electrons. The van der Waals surface area contributed by atoms with E-state index >= 15 is 0 Å². The molecule has 3 aromatic heterocycles. The highest BCUT2D eigenvalue weighted by atomic mass is 19.3. The van der Waals surface area contributed by atoms with Crippen molar-refractivity contribution in [3.8, 4) is 17.0 Å². The molecule has 1 amide bonds. The Morgan fingerprint density at radius 1 is 1.10 bits per heavy atom. The second kappa shape index (κ2) is 7.63. The Kier molecular flexibility index (Phi) is 4.86. The third-order valence-electron chi connectivity index (χ3n) is 4.26. The molecule has 1 N–H and O–H groups in total. The summed E-state index contributed by atoms with van der Waals surface area (Å²) >= 11 is 0. The molecule has 0 atom stereocenters. The van der Waals surface area contributed by atoms with E-state index in [1.54, 1.807) is 31.0 Å². The summed E-state index contributed by atoms with van der Waals surface area (Å²) in [6, 6.07) is 9.06. The van der Waals surface area contributed by atoms with Gasteiger partial charge >= 0.3 is 6.61 Å². The second-order valence-corrected chi connectivity index (χ2v) is 6.23. The molecule has 7 nitrogen and oxygen atoms in total. The number of anilines is 1. The molecule has 0 radical (unpaired) electrons. The number of nitrogens with zero attached hydrogens (tertiary/aromatic N) is 4. The number of rotatable bonds is 5. The van der Waals surface area contributed by atoms with E-state index in [-0.39, 0.29) is 11.3 Å². The predicted octanol–water partition coefficient (Wildman–Crippen LogP) is 3.88. The maximum Gasteiger partial charge on any atom is 0.387 e. The van der Waals surface area contributed by atoms with Gasteiger partial charge < -0.3 is 14.6 Å². The first kappa shape index (κ1) is 18.5. The van der Waals surface area contributed by atoms with Gasteiger partial charge in [0, 0.05) is 29.8 Å². The lowest BCUT2D eigenvalue weighted by atomic mass is 10.1. The van der Waals surface area contributed by atoms with E-state index in [2.05, 4.69) is 25.0 Å². The van der Waals surface area contributed by atoms with Crippen LogP contribution in [0.1, 0.15) is 10.4 Å². The van der Waals surface area contributed by atoms with Crippen LogP contribution in [-0.4, -0.2) is 32.0 Å². The van der Waals surface area contributed by atoms with Crippen LogP contribution in [0.5, 0.6) is 5.75 Å². The highest BCUT2D eigenvalue weighted by Gasteiger charge is 2.11. The largest absolute Gasteiger partial charge is 0.435 e. The van der Waals surface area contributed by atoms with Gasteiger partial charge in [0.15, 0.2) is 0 Å². The zero-order valence-corrected chi connectivity index (χ0v) is 15.2. The minimum atomic E-state index is -2.92. The lowest BCUT2D eigenvalue weighted by Gasteiger charge is -2.08. The number of pyridine rings is 2. The van der Waals surface area contributed by atoms with Gasteiger partial charge in [0.1, 0.15) is 11.6 Å². The molecule has 0 fully saturated rings. The molecule has 1 aromatic carbocycles. The topological polar surface area (TPSA) is 81.9 Å². The van der Waals surface area contributed by atoms with Gasteiger partial charge in [-0.2, -0.15) is 8.78 Å². The van der Waals surface area contributed by atoms with Gasteiger partial charge in [0.05, 0.1) is 29.9 Å². The van der Waals surface area contributed by atoms with Crippen molar-refractivity contribution in [2.24, 2.45) is 7.05 Å². The van der Waals surface area contributed by atoms with Crippen molar-refractivity contribution in [1.82, 2.24) is 19.5 Å². The van der Waals surface area contributed by atoms with Crippen molar-refractivity contribution in [2.75, 3.05) is 5.32 Å². The van der Waals surface area contributed by atoms with Gasteiger partial charge in [0.2, 0.25) is 0 Å². The number of carbonyl (C=O) groups is 1. The summed E-state index contributed by atoms with van der Waals surface area (Å²) in [5.41, 5.74) is 2.76. The van der Waals surface area contributed by atoms with Crippen LogP contribution in [0.15, 0.2) is 61.3 Å². The molecule has 0 bridgehead atoms. The molecule has 9 heteroatoms. The Morgan fingerprint density at radius 2 is 1.90 bits per heavy atom. The number of hydrogen-bond donors (Lipinski definition) is 1. The standard InChI is InChI=1S/C20H15F2N5O2/c1-27-11-23-10-17(27)14-6-13-7-18(25-9-16(13)24-8-14)26-19(28)12-2-4-15(5-3-12)29-20(21)22/h2-11,20H,1H3,(H,25,26,28). The van der Waals surface area contributed by atoms with Crippen molar-refractivity contribution in [3.05, 3.63) is 66.9 Å². The number of halogens is 2. The summed E-state index contributed by atoms with van der Waals surface area (Å²) in [7, 11) is 1.89. The third kappa shape index (κ3) is 4.03. The van der Waals surface area contributed by atoms with Crippen molar-refractivity contribution >= 4 is 22.6 Å². The van der Waals surface area contributed by atoms with E-state index < -0.39 is 12.5 Å². The summed E-state index contributed by atoms with van der Waals surface area (Å²) in [4.78, 5) is 25.1. The molecule has 0 spiro atoms. The summed E-state index contributed by atoms with van der Waals surface area (Å²) in [6.45, 7) is -2.92. The fourth-order valence-corrected chi connectivity index (χ4v) is 2.85. The zero-order chi connectivity index (χ0) is 20.4. The summed E-state index contributed by atoms with van der Waals surface area (Å²) < 4.78 is 30.6. The summed E-state index contributed by atoms with van der Waals surface area (Å²) in [6.07, 6.45) is 6.75. The average Bonchev–Trinajstić information content (AvgIpc) is 3.13. The van der Waals surface area contributed by atoms with Crippen LogP contribution in [0.25, 0.3) is 22.2 Å². The molecule has 4 aromatic rings. The van der Waals surface area contributed by atoms with E-state index in [0.29, 0.717) is 11.3 Å². The third-order valence-corrected chi connectivity index (χ3v) is 4.26. The van der Waals surface area contributed by atoms with Crippen LogP contribution >= 0.6 is 0 Å². The quantitative estimate of drug-likeness (QED) is 0.555. The molecule has 4 rings (SSSR count). The van der Waals surface area contributed by atoms with Gasteiger partial charge in [-0.3, -0.25) is 9.78 Å². The number of imidazole rings is 1. The Morgan fingerprint density at radius 3 is 2.59 bits per heavy atom. The lowest BCUT2D eigenvalue weighted by Crippen LogP contribution is -2.13. The minimum Gasteiger partial charge on any atom is -0.435 e. The number of alkyl halides is 2. The minimum absolute atomic E-state index is 0.0193. The fourth-order valence-electron chi connectivity index (χ4n) is 2.85. The highest BCUT2D eigenvalue weighted by Crippen LogP contribution is 2.23. The van der Waals surface area contributed by atoms with Gasteiger partial charge in [-0.25, -0.2) is 9.97 Å². The Balaban J connectivity index is 1.56. The number of aryl methyl sites for hydroxylation is 1. The molecule has 0 aliphatic heterocycles. The number of nitrogens with one attached hydrogen (secondary N) is 1. The lowest BCUT2D eigenvalue weighted by molar-refractivity contribution is -0.0498. The molecule has 3 heterocycles. The number of ether oxygens (including phenoxy) is 1. The maximum absolute atomic E-state index is 12.4. The summed E-state index contributed by atoms with van der Waals surface area (Å²) in [5, 5.41) is 3.49. The maximum atomic E-state index is 12.4. The van der Waals surface area contributed by atoms with E-state index in [1.165, 1.54) is 24.3 Å². The SMILES string of the molecule is Cn1cncc1-c1cnc2cnc(NC(=O)c3ccc(OC(F)F)cc3)cc2c1. The monoisotopic (exact) mass is 395 g/mol. The molecule has 0 saturated carbocycles. The van der Waals surface area contributed by atoms with Crippen LogP contribution in [0.2, 0.25) is 0 Å². The first-order valence-electron chi connectivity index (χ1n) is 8.58. The first-order valence-corrected chi connectivity index (χ1v) is 8.58. The fraction of sp³-hybridized carbons (Fsp3) is 0.100. The van der Waals surface area contributed by atoms with Crippen LogP contribution in [-0.2, 0) is 7.05 Å². The van der Waals surface area contributed by atoms with Crippen molar-refractivity contribution in [1.29, 1.82) is 0 Å². The smallest absolute Gasteiger partial charge is 0.387 e. The zero-order valence-electron chi connectivity index (χ0n) is 15.2. The summed E-state index contributed by atoms with van der Waals surface area (Å²) in [5.74, 6) is -0.0929. The molecule has 29 heavy (non-hydrogen) atoms. The van der Waals surface area contributed by atoms with Gasteiger partial charge in [-0.1, -0.05) is 0 Å². The number of aromatic nitrogens is 4. The molecule has 0 unspecified atom stereocenters. The van der Waals surface area contributed by atoms with Crippen molar-refractivity contribution < 1.29 is 18.3 Å². The van der Waals surface area contributed by atoms with E-state index in [0.717, 1.165) is 16.6 Å². The van der Waals surface area contributed by atoms with Gasteiger partial charge in [-0.15, -0.1) is 0 Å². The van der Waals surface area contributed by atoms with Gasteiger partial charge in [-0.05, 0) is 36.4 Å². The first-order chi connectivity index (χ1) is 14.0. The Bertz CT molecular complexity index is 1180. The van der Waals surface area contributed by atoms with Crippen molar-refractivity contribution in [3.63, 3.8) is 0 Å². The second-order valence-electron chi connectivity index (χ2n) is 6.23. The van der Waals surface area contributed by atoms with E-state index in [4.69, 9.17) is 0 Å². The number of benzene rings is 1.